The van der Waals surface area contributed by atoms with Gasteiger partial charge in [-0.05, 0) is 46.7 Å². The second-order valence-corrected chi connectivity index (χ2v) is 5.71. The lowest BCUT2D eigenvalue weighted by Crippen LogP contribution is -2.12. The molecule has 0 atom stereocenters. The molecule has 108 valence electrons. The topological polar surface area (TPSA) is 37.8 Å². The molecule has 0 aliphatic heterocycles. The Morgan fingerprint density at radius 1 is 1.00 bits per heavy atom. The summed E-state index contributed by atoms with van der Waals surface area (Å²) in [6, 6.07) is 18.3. The van der Waals surface area contributed by atoms with E-state index >= 15 is 0 Å². The lowest BCUT2D eigenvalue weighted by Gasteiger charge is -2.05. The predicted octanol–water partition coefficient (Wildman–Crippen LogP) is 3.61. The van der Waals surface area contributed by atoms with Crippen molar-refractivity contribution in [2.24, 2.45) is 7.05 Å². The molecule has 3 nitrogen and oxygen atoms in total. The zero-order chi connectivity index (χ0) is 15.1. The van der Waals surface area contributed by atoms with Crippen LogP contribution in [0.3, 0.4) is 0 Å². The Kier molecular flexibility index (Phi) is 2.86. The van der Waals surface area contributed by atoms with E-state index in [0.29, 0.717) is 6.42 Å². The summed E-state index contributed by atoms with van der Waals surface area (Å²) in [6.07, 6.45) is 2.70. The van der Waals surface area contributed by atoms with Crippen molar-refractivity contribution in [3.63, 3.8) is 0 Å². The van der Waals surface area contributed by atoms with Crippen LogP contribution < -0.4 is 5.56 Å². The Morgan fingerprint density at radius 3 is 2.77 bits per heavy atom. The van der Waals surface area contributed by atoms with Gasteiger partial charge >= 0.3 is 0 Å². The van der Waals surface area contributed by atoms with Gasteiger partial charge in [-0.3, -0.25) is 4.79 Å². The van der Waals surface area contributed by atoms with E-state index in [0.717, 1.165) is 22.0 Å². The number of rotatable bonds is 2. The van der Waals surface area contributed by atoms with Crippen LogP contribution in [0.4, 0.5) is 0 Å². The Morgan fingerprint density at radius 2 is 1.86 bits per heavy atom. The molecule has 0 aliphatic carbocycles. The van der Waals surface area contributed by atoms with E-state index in [2.05, 4.69) is 40.0 Å². The third-order valence-corrected chi connectivity index (χ3v) is 4.17. The molecule has 3 heteroatoms. The van der Waals surface area contributed by atoms with Crippen molar-refractivity contribution in [3.8, 4) is 0 Å². The number of hydrogen-bond donors (Lipinski definition) is 1. The number of pyridine rings is 1. The van der Waals surface area contributed by atoms with Crippen LogP contribution in [-0.4, -0.2) is 9.55 Å². The smallest absolute Gasteiger partial charge is 0.251 e. The maximum Gasteiger partial charge on any atom is 0.251 e. The molecule has 0 saturated carbocycles. The molecule has 2 aromatic heterocycles. The number of aromatic nitrogens is 2. The van der Waals surface area contributed by atoms with Gasteiger partial charge in [0, 0.05) is 36.3 Å². The summed E-state index contributed by atoms with van der Waals surface area (Å²) in [5, 5.41) is 2.27. The molecule has 4 rings (SSSR count). The summed E-state index contributed by atoms with van der Waals surface area (Å²) < 4.78 is 2.10. The molecule has 0 radical (unpaired) electrons. The van der Waals surface area contributed by atoms with Crippen LogP contribution in [0.1, 0.15) is 11.1 Å². The van der Waals surface area contributed by atoms with E-state index in [-0.39, 0.29) is 5.56 Å². The van der Waals surface area contributed by atoms with E-state index in [1.165, 1.54) is 10.9 Å². The molecule has 0 aliphatic rings. The SMILES string of the molecule is Cn1ccc2cc(Cc3cc4ccccc4[nH]c3=O)ccc21. The Labute approximate surface area is 127 Å². The van der Waals surface area contributed by atoms with Gasteiger partial charge in [0.05, 0.1) is 0 Å². The van der Waals surface area contributed by atoms with Gasteiger partial charge in [0.15, 0.2) is 0 Å². The van der Waals surface area contributed by atoms with E-state index in [9.17, 15) is 4.79 Å². The average molecular weight is 288 g/mol. The summed E-state index contributed by atoms with van der Waals surface area (Å²) in [7, 11) is 2.04. The van der Waals surface area contributed by atoms with Gasteiger partial charge in [0.1, 0.15) is 0 Å². The highest BCUT2D eigenvalue weighted by Crippen LogP contribution is 2.19. The molecule has 0 bridgehead atoms. The Hall–Kier alpha value is -2.81. The van der Waals surface area contributed by atoms with Crippen LogP contribution in [0.15, 0.2) is 65.6 Å². The Bertz CT molecular complexity index is 1040. The van der Waals surface area contributed by atoms with Crippen LogP contribution in [0.5, 0.6) is 0 Å². The average Bonchev–Trinajstić information content (AvgIpc) is 2.89. The van der Waals surface area contributed by atoms with E-state index in [1.807, 2.05) is 37.4 Å². The van der Waals surface area contributed by atoms with Crippen molar-refractivity contribution >= 4 is 21.8 Å². The summed E-state index contributed by atoms with van der Waals surface area (Å²) >= 11 is 0. The van der Waals surface area contributed by atoms with Gasteiger partial charge in [-0.25, -0.2) is 0 Å². The maximum absolute atomic E-state index is 12.2. The highest BCUT2D eigenvalue weighted by molar-refractivity contribution is 5.81. The molecule has 0 unspecified atom stereocenters. The monoisotopic (exact) mass is 288 g/mol. The number of nitrogens with zero attached hydrogens (tertiary/aromatic N) is 1. The fourth-order valence-corrected chi connectivity index (χ4v) is 2.98. The number of H-pyrrole nitrogens is 1. The number of hydrogen-bond acceptors (Lipinski definition) is 1. The maximum atomic E-state index is 12.2. The van der Waals surface area contributed by atoms with Crippen LogP contribution in [0.25, 0.3) is 21.8 Å². The number of fused-ring (bicyclic) bond motifs is 2. The molecule has 22 heavy (non-hydrogen) atoms. The van der Waals surface area contributed by atoms with E-state index in [1.54, 1.807) is 0 Å². The first-order valence-corrected chi connectivity index (χ1v) is 7.35. The minimum atomic E-state index is -0.00754. The second kappa shape index (κ2) is 4.88. The van der Waals surface area contributed by atoms with Crippen LogP contribution in [0.2, 0.25) is 0 Å². The molecular formula is C19H16N2O. The van der Waals surface area contributed by atoms with Crippen molar-refractivity contribution in [1.82, 2.24) is 9.55 Å². The van der Waals surface area contributed by atoms with Gasteiger partial charge in [-0.1, -0.05) is 24.3 Å². The number of aromatic amines is 1. The zero-order valence-corrected chi connectivity index (χ0v) is 12.3. The number of para-hydroxylation sites is 1. The number of aryl methyl sites for hydroxylation is 1. The van der Waals surface area contributed by atoms with Gasteiger partial charge in [-0.2, -0.15) is 0 Å². The lowest BCUT2D eigenvalue weighted by molar-refractivity contribution is 0.969. The molecule has 0 saturated heterocycles. The normalized spacial score (nSPS) is 11.3. The van der Waals surface area contributed by atoms with E-state index in [4.69, 9.17) is 0 Å². The fraction of sp³-hybridized carbons (Fsp3) is 0.105. The standard InChI is InChI=1S/C19H16N2O/c1-21-9-8-15-10-13(6-7-18(15)21)11-16-12-14-4-2-3-5-17(14)20-19(16)22/h2-10,12H,11H2,1H3,(H,20,22). The van der Waals surface area contributed by atoms with Gasteiger partial charge < -0.3 is 9.55 Å². The summed E-state index contributed by atoms with van der Waals surface area (Å²) in [4.78, 5) is 15.2. The molecule has 4 aromatic rings. The molecule has 2 aromatic carbocycles. The van der Waals surface area contributed by atoms with Crippen LogP contribution in [-0.2, 0) is 13.5 Å². The lowest BCUT2D eigenvalue weighted by atomic mass is 10.0. The highest BCUT2D eigenvalue weighted by atomic mass is 16.1. The molecule has 0 fully saturated rings. The molecule has 0 amide bonds. The first kappa shape index (κ1) is 12.9. The first-order chi connectivity index (χ1) is 10.7. The van der Waals surface area contributed by atoms with Crippen molar-refractivity contribution < 1.29 is 0 Å². The second-order valence-electron chi connectivity index (χ2n) is 5.71. The van der Waals surface area contributed by atoms with Crippen LogP contribution >= 0.6 is 0 Å². The summed E-state index contributed by atoms with van der Waals surface area (Å²) in [6.45, 7) is 0. The number of nitrogens with one attached hydrogen (secondary N) is 1. The first-order valence-electron chi connectivity index (χ1n) is 7.35. The van der Waals surface area contributed by atoms with Gasteiger partial charge in [-0.15, -0.1) is 0 Å². The summed E-state index contributed by atoms with van der Waals surface area (Å²) in [5.74, 6) is 0. The minimum absolute atomic E-state index is 0.00754. The molecule has 2 heterocycles. The largest absolute Gasteiger partial charge is 0.351 e. The minimum Gasteiger partial charge on any atom is -0.351 e. The van der Waals surface area contributed by atoms with Crippen LogP contribution in [0, 0.1) is 0 Å². The van der Waals surface area contributed by atoms with Crippen molar-refractivity contribution in [2.45, 2.75) is 6.42 Å². The van der Waals surface area contributed by atoms with Crippen molar-refractivity contribution in [2.75, 3.05) is 0 Å². The predicted molar refractivity (Wildman–Crippen MR) is 90.3 cm³/mol. The van der Waals surface area contributed by atoms with E-state index < -0.39 is 0 Å². The number of benzene rings is 2. The van der Waals surface area contributed by atoms with Gasteiger partial charge in [0.25, 0.3) is 5.56 Å². The highest BCUT2D eigenvalue weighted by Gasteiger charge is 2.06. The Balaban J connectivity index is 1.78. The molecule has 1 N–H and O–H groups in total. The molecular weight excluding hydrogens is 272 g/mol. The quantitative estimate of drug-likeness (QED) is 0.601. The van der Waals surface area contributed by atoms with Crippen molar-refractivity contribution in [1.29, 1.82) is 0 Å². The third-order valence-electron chi connectivity index (χ3n) is 4.17. The van der Waals surface area contributed by atoms with Crippen molar-refractivity contribution in [3.05, 3.63) is 82.3 Å². The molecule has 0 spiro atoms. The zero-order valence-electron chi connectivity index (χ0n) is 12.3. The third kappa shape index (κ3) is 2.11. The fourth-order valence-electron chi connectivity index (χ4n) is 2.98. The van der Waals surface area contributed by atoms with Gasteiger partial charge in [0.2, 0.25) is 0 Å². The summed E-state index contributed by atoms with van der Waals surface area (Å²) in [5.41, 5.74) is 4.03.